The van der Waals surface area contributed by atoms with E-state index in [-0.39, 0.29) is 17.0 Å². The van der Waals surface area contributed by atoms with Crippen LogP contribution in [0.15, 0.2) is 60.2 Å². The van der Waals surface area contributed by atoms with Crippen molar-refractivity contribution in [1.82, 2.24) is 9.88 Å². The molecule has 33 heavy (non-hydrogen) atoms. The Hall–Kier alpha value is -4.33. The van der Waals surface area contributed by atoms with Gasteiger partial charge in [0.05, 0.1) is 12.3 Å². The molecule has 168 valence electrons. The average Bonchev–Trinajstić information content (AvgIpc) is 3.06. The smallest absolute Gasteiger partial charge is 0.336 e. The van der Waals surface area contributed by atoms with E-state index in [1.165, 1.54) is 6.08 Å². The molecule has 2 heterocycles. The number of rotatable bonds is 5. The van der Waals surface area contributed by atoms with E-state index < -0.39 is 17.8 Å². The van der Waals surface area contributed by atoms with Gasteiger partial charge in [-0.25, -0.2) is 9.69 Å². The van der Waals surface area contributed by atoms with Crippen molar-refractivity contribution >= 4 is 29.6 Å². The monoisotopic (exact) mass is 445 g/mol. The van der Waals surface area contributed by atoms with E-state index in [1.807, 2.05) is 24.5 Å². The van der Waals surface area contributed by atoms with E-state index in [0.29, 0.717) is 17.9 Å². The third kappa shape index (κ3) is 3.98. The first-order valence-electron chi connectivity index (χ1n) is 10.4. The number of para-hydroxylation sites is 2. The van der Waals surface area contributed by atoms with E-state index in [0.717, 1.165) is 22.0 Å². The first-order valence-corrected chi connectivity index (χ1v) is 10.4. The highest BCUT2D eigenvalue weighted by Crippen LogP contribution is 2.32. The van der Waals surface area contributed by atoms with Crippen molar-refractivity contribution in [3.05, 3.63) is 77.1 Å². The van der Waals surface area contributed by atoms with Gasteiger partial charge in [0.1, 0.15) is 17.1 Å². The summed E-state index contributed by atoms with van der Waals surface area (Å²) in [6, 6.07) is 14.4. The summed E-state index contributed by atoms with van der Waals surface area (Å²) in [7, 11) is 0. The minimum Gasteiger partial charge on any atom is -0.508 e. The van der Waals surface area contributed by atoms with E-state index in [9.17, 15) is 19.5 Å². The lowest BCUT2D eigenvalue weighted by Crippen LogP contribution is -2.54. The molecule has 0 atom stereocenters. The fraction of sp³-hybridized carbons (Fsp3) is 0.160. The number of carbonyl (C=O) groups is 3. The third-order valence-electron chi connectivity index (χ3n) is 5.39. The van der Waals surface area contributed by atoms with Gasteiger partial charge in [0.25, 0.3) is 11.8 Å². The summed E-state index contributed by atoms with van der Waals surface area (Å²) < 4.78 is 7.51. The number of aromatic nitrogens is 1. The van der Waals surface area contributed by atoms with Crippen molar-refractivity contribution in [3.8, 4) is 17.2 Å². The van der Waals surface area contributed by atoms with Gasteiger partial charge in [-0.2, -0.15) is 0 Å². The predicted octanol–water partition coefficient (Wildman–Crippen LogP) is 3.86. The number of aromatic hydroxyl groups is 1. The van der Waals surface area contributed by atoms with Crippen molar-refractivity contribution in [3.63, 3.8) is 0 Å². The number of phenols is 1. The van der Waals surface area contributed by atoms with Gasteiger partial charge in [0.2, 0.25) is 0 Å². The summed E-state index contributed by atoms with van der Waals surface area (Å²) in [5.41, 5.74) is 3.26. The van der Waals surface area contributed by atoms with E-state index in [1.54, 1.807) is 55.5 Å². The van der Waals surface area contributed by atoms with Crippen molar-refractivity contribution < 1.29 is 24.2 Å². The maximum absolute atomic E-state index is 13.3. The van der Waals surface area contributed by atoms with Gasteiger partial charge in [-0.15, -0.1) is 0 Å². The number of ether oxygens (including phenoxy) is 1. The topological polar surface area (TPSA) is 101 Å². The quantitative estimate of drug-likeness (QED) is 0.459. The normalized spacial score (nSPS) is 15.2. The Bertz CT molecular complexity index is 1290. The van der Waals surface area contributed by atoms with E-state index in [4.69, 9.17) is 4.74 Å². The zero-order valence-corrected chi connectivity index (χ0v) is 18.5. The van der Waals surface area contributed by atoms with Gasteiger partial charge in [-0.3, -0.25) is 14.9 Å². The number of imide groups is 2. The van der Waals surface area contributed by atoms with Crippen LogP contribution in [-0.4, -0.2) is 34.1 Å². The summed E-state index contributed by atoms with van der Waals surface area (Å²) in [6.07, 6.45) is 1.49. The Labute approximate surface area is 190 Å². The van der Waals surface area contributed by atoms with Gasteiger partial charge in [-0.05, 0) is 74.9 Å². The molecule has 8 nitrogen and oxygen atoms in total. The number of hydrogen-bond donors (Lipinski definition) is 2. The third-order valence-corrected chi connectivity index (χ3v) is 5.39. The molecule has 1 aliphatic rings. The zero-order valence-electron chi connectivity index (χ0n) is 18.5. The average molecular weight is 445 g/mol. The minimum atomic E-state index is -0.830. The van der Waals surface area contributed by atoms with Crippen molar-refractivity contribution in [2.45, 2.75) is 20.8 Å². The van der Waals surface area contributed by atoms with Crippen LogP contribution in [0.3, 0.4) is 0 Å². The highest BCUT2D eigenvalue weighted by molar-refractivity contribution is 6.39. The highest BCUT2D eigenvalue weighted by atomic mass is 16.5. The van der Waals surface area contributed by atoms with Gasteiger partial charge in [0.15, 0.2) is 0 Å². The van der Waals surface area contributed by atoms with Crippen molar-refractivity contribution in [2.75, 3.05) is 11.5 Å². The van der Waals surface area contributed by atoms with Crippen molar-refractivity contribution in [2.24, 2.45) is 0 Å². The van der Waals surface area contributed by atoms with Crippen LogP contribution in [-0.2, 0) is 9.59 Å². The van der Waals surface area contributed by atoms with Crippen LogP contribution in [0.2, 0.25) is 0 Å². The molecule has 1 aliphatic heterocycles. The van der Waals surface area contributed by atoms with Crippen LogP contribution in [0.1, 0.15) is 23.9 Å². The molecule has 4 rings (SSSR count). The summed E-state index contributed by atoms with van der Waals surface area (Å²) in [6.45, 7) is 5.92. The molecule has 0 radical (unpaired) electrons. The Morgan fingerprint density at radius 1 is 1.03 bits per heavy atom. The molecule has 0 aliphatic carbocycles. The van der Waals surface area contributed by atoms with Gasteiger partial charge in [-0.1, -0.05) is 12.1 Å². The van der Waals surface area contributed by atoms with Gasteiger partial charge < -0.3 is 14.4 Å². The summed E-state index contributed by atoms with van der Waals surface area (Å²) in [5.74, 6) is -0.970. The minimum absolute atomic E-state index is 0.158. The summed E-state index contributed by atoms with van der Waals surface area (Å²) >= 11 is 0. The Kier molecular flexibility index (Phi) is 5.74. The second-order valence-corrected chi connectivity index (χ2v) is 7.54. The Balaban J connectivity index is 1.76. The van der Waals surface area contributed by atoms with E-state index in [2.05, 4.69) is 5.32 Å². The van der Waals surface area contributed by atoms with Crippen LogP contribution >= 0.6 is 0 Å². The SMILES string of the molecule is CCOc1ccccc1N1C(=O)NC(=O)/C(=C\c2cc(C)n(-c3ccc(O)cc3)c2C)C1=O. The first kappa shape index (κ1) is 21.9. The predicted molar refractivity (Wildman–Crippen MR) is 124 cm³/mol. The molecule has 1 fully saturated rings. The number of nitrogens with zero attached hydrogens (tertiary/aromatic N) is 2. The number of anilines is 1. The molecule has 1 saturated heterocycles. The molecule has 4 amide bonds. The van der Waals surface area contributed by atoms with Crippen molar-refractivity contribution in [1.29, 1.82) is 0 Å². The Morgan fingerprint density at radius 2 is 1.73 bits per heavy atom. The largest absolute Gasteiger partial charge is 0.508 e. The van der Waals surface area contributed by atoms with Gasteiger partial charge in [0, 0.05) is 17.1 Å². The lowest BCUT2D eigenvalue weighted by Gasteiger charge is -2.27. The molecule has 2 N–H and O–H groups in total. The second kappa shape index (κ2) is 8.66. The summed E-state index contributed by atoms with van der Waals surface area (Å²) in [4.78, 5) is 39.4. The fourth-order valence-electron chi connectivity index (χ4n) is 3.88. The van der Waals surface area contributed by atoms with Crippen LogP contribution in [0, 0.1) is 13.8 Å². The number of benzene rings is 2. The molecule has 1 aromatic heterocycles. The van der Waals surface area contributed by atoms with E-state index >= 15 is 0 Å². The fourth-order valence-corrected chi connectivity index (χ4v) is 3.88. The maximum atomic E-state index is 13.3. The molecule has 0 spiro atoms. The number of carbonyl (C=O) groups excluding carboxylic acids is 3. The lowest BCUT2D eigenvalue weighted by atomic mass is 10.1. The molecule has 8 heteroatoms. The number of urea groups is 1. The number of barbiturate groups is 1. The molecular formula is C25H23N3O5. The van der Waals surface area contributed by atoms with Crippen LogP contribution < -0.4 is 15.0 Å². The highest BCUT2D eigenvalue weighted by Gasteiger charge is 2.38. The molecular weight excluding hydrogens is 422 g/mol. The number of aryl methyl sites for hydroxylation is 1. The maximum Gasteiger partial charge on any atom is 0.336 e. The number of hydrogen-bond acceptors (Lipinski definition) is 5. The number of phenolic OH excluding ortho intramolecular Hbond substituents is 1. The van der Waals surface area contributed by atoms with Gasteiger partial charge >= 0.3 is 6.03 Å². The van der Waals surface area contributed by atoms with Crippen LogP contribution in [0.4, 0.5) is 10.5 Å². The lowest BCUT2D eigenvalue weighted by molar-refractivity contribution is -0.122. The summed E-state index contributed by atoms with van der Waals surface area (Å²) in [5, 5.41) is 11.8. The number of amides is 4. The molecule has 0 bridgehead atoms. The molecule has 2 aromatic carbocycles. The first-order chi connectivity index (χ1) is 15.8. The van der Waals surface area contributed by atoms with Crippen LogP contribution in [0.25, 0.3) is 11.8 Å². The number of nitrogens with one attached hydrogen (secondary N) is 1. The Morgan fingerprint density at radius 3 is 2.42 bits per heavy atom. The zero-order chi connectivity index (χ0) is 23.7. The second-order valence-electron chi connectivity index (χ2n) is 7.54. The molecule has 0 unspecified atom stereocenters. The molecule has 0 saturated carbocycles. The standard InChI is InChI=1S/C25H23N3O5/c1-4-33-22-8-6-5-7-21(22)28-24(31)20(23(30)26-25(28)32)14-17-13-15(2)27(16(17)3)18-9-11-19(29)12-10-18/h5-14,29H,4H2,1-3H3,(H,26,30,32)/b20-14+. The molecule has 3 aromatic rings. The van der Waals surface area contributed by atoms with Crippen LogP contribution in [0.5, 0.6) is 11.5 Å².